The monoisotopic (exact) mass is 810 g/mol. The van der Waals surface area contributed by atoms with Crippen molar-refractivity contribution in [2.24, 2.45) is 0 Å². The normalized spacial score (nSPS) is 15.3. The smallest absolute Gasteiger partial charge is 0.164 e. The number of fused-ring (bicyclic) bond motifs is 10. The Morgan fingerprint density at radius 3 is 1.67 bits per heavy atom. The van der Waals surface area contributed by atoms with Gasteiger partial charge in [0.1, 0.15) is 11.5 Å². The van der Waals surface area contributed by atoms with E-state index >= 15 is 0 Å². The number of hydrogen-bond donors (Lipinski definition) is 1. The standard InChI is InChI=1S/C58H42N4O/c1-35-17-22-39(23-18-35)55-60-56(40-24-19-36(2)20-25-40)62-57(61-55)43-27-26-41-33-51-47(32-44(41)31-43)46-30-28-42(45-29-21-37(3)59-54(45)38-11-5-4-6-12-38)34-50(46)58(51)48-13-7-9-15-52(48)63-53-16-10-8-14-49(53)58/h4-34,37,59H,1-3H3. The van der Waals surface area contributed by atoms with Crippen LogP contribution in [-0.4, -0.2) is 21.0 Å². The maximum absolute atomic E-state index is 6.72. The highest BCUT2D eigenvalue weighted by atomic mass is 16.5. The molecule has 5 nitrogen and oxygen atoms in total. The van der Waals surface area contributed by atoms with E-state index in [9.17, 15) is 0 Å². The van der Waals surface area contributed by atoms with Crippen LogP contribution in [0.15, 0.2) is 188 Å². The fourth-order valence-corrected chi connectivity index (χ4v) is 9.88. The molecule has 3 aliphatic rings. The van der Waals surface area contributed by atoms with Crippen molar-refractivity contribution in [2.75, 3.05) is 0 Å². The van der Waals surface area contributed by atoms with Crippen molar-refractivity contribution in [2.45, 2.75) is 32.2 Å². The first-order valence-corrected chi connectivity index (χ1v) is 21.7. The molecular formula is C58H42N4O. The molecule has 8 aromatic carbocycles. The molecule has 0 fully saturated rings. The van der Waals surface area contributed by atoms with Crippen LogP contribution in [0.25, 0.3) is 67.3 Å². The zero-order valence-electron chi connectivity index (χ0n) is 35.2. The van der Waals surface area contributed by atoms with Crippen molar-refractivity contribution in [3.05, 3.63) is 233 Å². The van der Waals surface area contributed by atoms with Gasteiger partial charge in [-0.05, 0) is 101 Å². The minimum absolute atomic E-state index is 0.210. The molecule has 1 N–H and O–H groups in total. The molecule has 0 bridgehead atoms. The Morgan fingerprint density at radius 2 is 1.02 bits per heavy atom. The molecule has 9 aromatic rings. The fourth-order valence-electron chi connectivity index (χ4n) is 9.88. The highest BCUT2D eigenvalue weighted by Crippen LogP contribution is 2.63. The minimum atomic E-state index is -0.633. The Labute approximate surface area is 367 Å². The molecule has 0 radical (unpaired) electrons. The van der Waals surface area contributed by atoms with E-state index in [1.165, 1.54) is 44.5 Å². The fraction of sp³-hybridized carbons (Fsp3) is 0.0862. The average molecular weight is 811 g/mol. The van der Waals surface area contributed by atoms with Crippen LogP contribution >= 0.6 is 0 Å². The minimum Gasteiger partial charge on any atom is -0.457 e. The second-order valence-corrected chi connectivity index (χ2v) is 17.0. The Bertz CT molecular complexity index is 3260. The highest BCUT2D eigenvalue weighted by molar-refractivity contribution is 6.01. The molecule has 2 aliphatic heterocycles. The van der Waals surface area contributed by atoms with Crippen LogP contribution in [0, 0.1) is 13.8 Å². The third-order valence-corrected chi connectivity index (χ3v) is 13.0. The quantitative estimate of drug-likeness (QED) is 0.188. The molecule has 63 heavy (non-hydrogen) atoms. The van der Waals surface area contributed by atoms with E-state index in [0.29, 0.717) is 17.5 Å². The molecule has 5 heteroatoms. The predicted octanol–water partition coefficient (Wildman–Crippen LogP) is 13.5. The van der Waals surface area contributed by atoms with E-state index in [4.69, 9.17) is 19.7 Å². The number of ether oxygens (including phenoxy) is 1. The second-order valence-electron chi connectivity index (χ2n) is 17.0. The number of aromatic nitrogens is 3. The SMILES string of the molecule is Cc1ccc(-c2nc(-c3ccc(C)cc3)nc(-c3ccc4cc5c(cc4c3)-c3ccc(C4=C(c6ccccc6)NC(C)C=C4)cc3C53c4ccccc4Oc4ccccc43)n2)cc1. The Balaban J connectivity index is 1.08. The van der Waals surface area contributed by atoms with Gasteiger partial charge in [0.15, 0.2) is 17.5 Å². The number of allylic oxidation sites excluding steroid dienone is 2. The van der Waals surface area contributed by atoms with E-state index in [1.54, 1.807) is 0 Å². The lowest BCUT2D eigenvalue weighted by atomic mass is 9.65. The summed E-state index contributed by atoms with van der Waals surface area (Å²) in [6, 6.07) is 63.3. The first kappa shape index (κ1) is 36.9. The third kappa shape index (κ3) is 5.95. The highest BCUT2D eigenvalue weighted by Gasteiger charge is 2.51. The molecule has 1 aromatic heterocycles. The number of nitrogens with zero attached hydrogens (tertiary/aromatic N) is 3. The summed E-state index contributed by atoms with van der Waals surface area (Å²) in [5, 5.41) is 6.05. The molecule has 12 rings (SSSR count). The van der Waals surface area contributed by atoms with Crippen LogP contribution in [0.2, 0.25) is 0 Å². The zero-order chi connectivity index (χ0) is 42.2. The van der Waals surface area contributed by atoms with Gasteiger partial charge in [-0.2, -0.15) is 0 Å². The summed E-state index contributed by atoms with van der Waals surface area (Å²) in [5.74, 6) is 3.68. The van der Waals surface area contributed by atoms with E-state index < -0.39 is 5.41 Å². The van der Waals surface area contributed by atoms with Crippen molar-refractivity contribution in [1.82, 2.24) is 20.3 Å². The van der Waals surface area contributed by atoms with Gasteiger partial charge in [0, 0.05) is 45.1 Å². The first-order valence-electron chi connectivity index (χ1n) is 21.7. The van der Waals surface area contributed by atoms with Crippen LogP contribution in [0.3, 0.4) is 0 Å². The zero-order valence-corrected chi connectivity index (χ0v) is 35.2. The second kappa shape index (κ2) is 14.4. The maximum Gasteiger partial charge on any atom is 0.164 e. The Kier molecular flexibility index (Phi) is 8.41. The van der Waals surface area contributed by atoms with E-state index in [1.807, 2.05) is 0 Å². The lowest BCUT2D eigenvalue weighted by Crippen LogP contribution is -2.32. The van der Waals surface area contributed by atoms with Gasteiger partial charge in [0.05, 0.1) is 5.41 Å². The Hall–Kier alpha value is -7.89. The summed E-state index contributed by atoms with van der Waals surface area (Å²) in [4.78, 5) is 15.2. The van der Waals surface area contributed by atoms with E-state index in [0.717, 1.165) is 61.3 Å². The van der Waals surface area contributed by atoms with Crippen LogP contribution in [0.5, 0.6) is 11.5 Å². The van der Waals surface area contributed by atoms with Crippen molar-refractivity contribution in [3.63, 3.8) is 0 Å². The molecule has 1 aliphatic carbocycles. The largest absolute Gasteiger partial charge is 0.457 e. The van der Waals surface area contributed by atoms with Crippen LogP contribution in [0.1, 0.15) is 51.4 Å². The molecule has 0 amide bonds. The Morgan fingerprint density at radius 1 is 0.460 bits per heavy atom. The number of para-hydroxylation sites is 2. The first-order chi connectivity index (χ1) is 30.9. The van der Waals surface area contributed by atoms with E-state index in [2.05, 4.69) is 214 Å². The third-order valence-electron chi connectivity index (χ3n) is 13.0. The van der Waals surface area contributed by atoms with Gasteiger partial charge in [-0.3, -0.25) is 0 Å². The van der Waals surface area contributed by atoms with Gasteiger partial charge >= 0.3 is 0 Å². The predicted molar refractivity (Wildman–Crippen MR) is 255 cm³/mol. The van der Waals surface area contributed by atoms with Gasteiger partial charge < -0.3 is 10.1 Å². The molecule has 300 valence electrons. The topological polar surface area (TPSA) is 59.9 Å². The van der Waals surface area contributed by atoms with Crippen molar-refractivity contribution >= 4 is 22.0 Å². The number of aryl methyl sites for hydroxylation is 2. The van der Waals surface area contributed by atoms with Crippen molar-refractivity contribution in [3.8, 4) is 56.8 Å². The molecule has 1 atom stereocenters. The van der Waals surface area contributed by atoms with Gasteiger partial charge in [0.25, 0.3) is 0 Å². The summed E-state index contributed by atoms with van der Waals surface area (Å²) in [7, 11) is 0. The lowest BCUT2D eigenvalue weighted by molar-refractivity contribution is 0.436. The maximum atomic E-state index is 6.72. The number of rotatable bonds is 5. The number of hydrogen-bond acceptors (Lipinski definition) is 5. The van der Waals surface area contributed by atoms with Gasteiger partial charge in [-0.15, -0.1) is 0 Å². The van der Waals surface area contributed by atoms with Crippen molar-refractivity contribution in [1.29, 1.82) is 0 Å². The molecule has 1 spiro atoms. The number of nitrogens with one attached hydrogen (secondary N) is 1. The number of benzene rings is 8. The molecule has 1 unspecified atom stereocenters. The summed E-state index contributed by atoms with van der Waals surface area (Å²) >= 11 is 0. The molecular weight excluding hydrogens is 769 g/mol. The lowest BCUT2D eigenvalue weighted by Gasteiger charge is -2.39. The van der Waals surface area contributed by atoms with E-state index in [-0.39, 0.29) is 6.04 Å². The van der Waals surface area contributed by atoms with Crippen molar-refractivity contribution < 1.29 is 4.74 Å². The molecule has 3 heterocycles. The molecule has 0 saturated heterocycles. The number of dihydropyridines is 1. The summed E-state index contributed by atoms with van der Waals surface area (Å²) in [6.45, 7) is 6.38. The summed E-state index contributed by atoms with van der Waals surface area (Å²) in [5.41, 5.74) is 16.4. The van der Waals surface area contributed by atoms with Gasteiger partial charge in [-0.25, -0.2) is 15.0 Å². The van der Waals surface area contributed by atoms with Crippen LogP contribution in [0.4, 0.5) is 0 Å². The average Bonchev–Trinajstić information content (AvgIpc) is 3.59. The summed E-state index contributed by atoms with van der Waals surface area (Å²) < 4.78 is 6.72. The van der Waals surface area contributed by atoms with Gasteiger partial charge in [0.2, 0.25) is 0 Å². The van der Waals surface area contributed by atoms with Gasteiger partial charge in [-0.1, -0.05) is 163 Å². The molecule has 0 saturated carbocycles. The van der Waals surface area contributed by atoms with Crippen LogP contribution < -0.4 is 10.1 Å². The summed E-state index contributed by atoms with van der Waals surface area (Å²) in [6.07, 6.45) is 4.54. The van der Waals surface area contributed by atoms with Crippen LogP contribution in [-0.2, 0) is 5.41 Å².